The highest BCUT2D eigenvalue weighted by molar-refractivity contribution is 5.94. The van der Waals surface area contributed by atoms with Crippen molar-refractivity contribution in [2.75, 3.05) is 14.2 Å². The maximum absolute atomic E-state index is 12.2. The van der Waals surface area contributed by atoms with Crippen LogP contribution in [0.3, 0.4) is 0 Å². The van der Waals surface area contributed by atoms with Gasteiger partial charge in [-0.3, -0.25) is 4.79 Å². The Hall–Kier alpha value is -2.43. The number of carbonyl (C=O) groups excluding carboxylic acids is 1. The fourth-order valence-electron chi connectivity index (χ4n) is 1.75. The molecule has 0 spiro atoms. The molecule has 0 radical (unpaired) electrons. The summed E-state index contributed by atoms with van der Waals surface area (Å²) in [5, 5.41) is 9.66. The number of methoxy groups -OCH3 is 1. The van der Waals surface area contributed by atoms with Crippen molar-refractivity contribution in [3.8, 4) is 11.5 Å². The lowest BCUT2D eigenvalue weighted by Gasteiger charge is -2.16. The molecule has 1 amide bonds. The van der Waals surface area contributed by atoms with Gasteiger partial charge in [-0.15, -0.1) is 0 Å². The quantitative estimate of drug-likeness (QED) is 0.917. The van der Waals surface area contributed by atoms with Crippen LogP contribution in [0.5, 0.6) is 11.5 Å². The highest BCUT2D eigenvalue weighted by Gasteiger charge is 2.15. The largest absolute Gasteiger partial charge is 0.504 e. The number of rotatable bonds is 4. The van der Waals surface area contributed by atoms with Gasteiger partial charge in [0.1, 0.15) is 5.76 Å². The van der Waals surface area contributed by atoms with E-state index in [-0.39, 0.29) is 11.7 Å². The minimum atomic E-state index is -0.200. The molecule has 0 aliphatic carbocycles. The molecule has 0 aliphatic rings. The summed E-state index contributed by atoms with van der Waals surface area (Å²) in [6, 6.07) is 8.13. The summed E-state index contributed by atoms with van der Waals surface area (Å²) in [6.07, 6.45) is 1.56. The van der Waals surface area contributed by atoms with Crippen LogP contribution in [0.25, 0.3) is 0 Å². The zero-order valence-electron chi connectivity index (χ0n) is 10.8. The SMILES string of the molecule is COc1ccc(C(=O)N(C)Cc2ccco2)cc1O. The first-order valence-corrected chi connectivity index (χ1v) is 5.76. The second-order valence-electron chi connectivity index (χ2n) is 4.13. The molecule has 1 N–H and O–H groups in total. The number of amides is 1. The van der Waals surface area contributed by atoms with Crippen LogP contribution in [0.2, 0.25) is 0 Å². The number of benzene rings is 1. The Morgan fingerprint density at radius 1 is 1.42 bits per heavy atom. The van der Waals surface area contributed by atoms with Gasteiger partial charge < -0.3 is 19.2 Å². The van der Waals surface area contributed by atoms with Gasteiger partial charge in [-0.1, -0.05) is 0 Å². The topological polar surface area (TPSA) is 62.9 Å². The van der Waals surface area contributed by atoms with Gasteiger partial charge in [0, 0.05) is 12.6 Å². The number of hydrogen-bond donors (Lipinski definition) is 1. The average Bonchev–Trinajstić information content (AvgIpc) is 2.90. The maximum atomic E-state index is 12.2. The fraction of sp³-hybridized carbons (Fsp3) is 0.214. The molecule has 1 aromatic carbocycles. The van der Waals surface area contributed by atoms with E-state index in [4.69, 9.17) is 9.15 Å². The number of hydrogen-bond acceptors (Lipinski definition) is 4. The van der Waals surface area contributed by atoms with Crippen LogP contribution >= 0.6 is 0 Å². The number of phenolic OH excluding ortho intramolecular Hbond substituents is 1. The zero-order valence-corrected chi connectivity index (χ0v) is 10.8. The molecule has 1 aromatic heterocycles. The van der Waals surface area contributed by atoms with Crippen molar-refractivity contribution in [1.29, 1.82) is 0 Å². The van der Waals surface area contributed by atoms with E-state index in [1.807, 2.05) is 0 Å². The summed E-state index contributed by atoms with van der Waals surface area (Å²) in [5.41, 5.74) is 0.396. The van der Waals surface area contributed by atoms with E-state index in [1.165, 1.54) is 18.1 Å². The van der Waals surface area contributed by atoms with Crippen molar-refractivity contribution < 1.29 is 19.1 Å². The Labute approximate surface area is 111 Å². The minimum absolute atomic E-state index is 0.0558. The van der Waals surface area contributed by atoms with Gasteiger partial charge >= 0.3 is 0 Å². The van der Waals surface area contributed by atoms with Crippen molar-refractivity contribution in [3.05, 3.63) is 47.9 Å². The Kier molecular flexibility index (Phi) is 3.75. The lowest BCUT2D eigenvalue weighted by Crippen LogP contribution is -2.25. The van der Waals surface area contributed by atoms with Gasteiger partial charge in [-0.05, 0) is 30.3 Å². The third-order valence-corrected chi connectivity index (χ3v) is 2.75. The number of aromatic hydroxyl groups is 1. The van der Waals surface area contributed by atoms with Crippen LogP contribution in [-0.4, -0.2) is 30.1 Å². The van der Waals surface area contributed by atoms with Crippen LogP contribution in [-0.2, 0) is 6.54 Å². The lowest BCUT2D eigenvalue weighted by molar-refractivity contribution is 0.0775. The number of nitrogens with zero attached hydrogens (tertiary/aromatic N) is 1. The molecule has 0 aliphatic heterocycles. The monoisotopic (exact) mass is 261 g/mol. The van der Waals surface area contributed by atoms with Gasteiger partial charge in [0.05, 0.1) is 19.9 Å². The molecule has 2 rings (SSSR count). The Balaban J connectivity index is 2.12. The van der Waals surface area contributed by atoms with E-state index < -0.39 is 0 Å². The molecule has 0 bridgehead atoms. The Morgan fingerprint density at radius 2 is 2.21 bits per heavy atom. The second-order valence-corrected chi connectivity index (χ2v) is 4.13. The van der Waals surface area contributed by atoms with Crippen molar-refractivity contribution in [2.24, 2.45) is 0 Å². The predicted octanol–water partition coefficient (Wildman–Crippen LogP) is 2.27. The highest BCUT2D eigenvalue weighted by Crippen LogP contribution is 2.26. The minimum Gasteiger partial charge on any atom is -0.504 e. The van der Waals surface area contributed by atoms with E-state index in [0.717, 1.165) is 0 Å². The van der Waals surface area contributed by atoms with Gasteiger partial charge in [-0.25, -0.2) is 0 Å². The van der Waals surface area contributed by atoms with Gasteiger partial charge in [0.15, 0.2) is 11.5 Å². The van der Waals surface area contributed by atoms with E-state index in [9.17, 15) is 9.90 Å². The molecule has 100 valence electrons. The third kappa shape index (κ3) is 2.88. The number of ether oxygens (including phenoxy) is 1. The van der Waals surface area contributed by atoms with Crippen molar-refractivity contribution in [1.82, 2.24) is 4.90 Å². The molecule has 5 heteroatoms. The summed E-state index contributed by atoms with van der Waals surface area (Å²) < 4.78 is 10.1. The van der Waals surface area contributed by atoms with Crippen LogP contribution in [0.15, 0.2) is 41.0 Å². The van der Waals surface area contributed by atoms with Crippen LogP contribution < -0.4 is 4.74 Å². The molecule has 0 unspecified atom stereocenters. The maximum Gasteiger partial charge on any atom is 0.254 e. The molecule has 19 heavy (non-hydrogen) atoms. The van der Waals surface area contributed by atoms with Gasteiger partial charge in [0.25, 0.3) is 5.91 Å². The lowest BCUT2D eigenvalue weighted by atomic mass is 10.1. The second kappa shape index (κ2) is 5.48. The summed E-state index contributed by atoms with van der Waals surface area (Å²) in [7, 11) is 3.13. The third-order valence-electron chi connectivity index (χ3n) is 2.75. The highest BCUT2D eigenvalue weighted by atomic mass is 16.5. The zero-order chi connectivity index (χ0) is 13.8. The molecular formula is C14H15NO4. The first-order chi connectivity index (χ1) is 9.11. The van der Waals surface area contributed by atoms with Crippen LogP contribution in [0.1, 0.15) is 16.1 Å². The predicted molar refractivity (Wildman–Crippen MR) is 69.2 cm³/mol. The van der Waals surface area contributed by atoms with E-state index in [1.54, 1.807) is 37.6 Å². The average molecular weight is 261 g/mol. The number of carbonyl (C=O) groups is 1. The number of phenols is 1. The normalized spacial score (nSPS) is 10.2. The van der Waals surface area contributed by atoms with Crippen LogP contribution in [0, 0.1) is 0 Å². The van der Waals surface area contributed by atoms with E-state index >= 15 is 0 Å². The number of furan rings is 1. The smallest absolute Gasteiger partial charge is 0.254 e. The Bertz CT molecular complexity index is 563. The molecule has 0 fully saturated rings. The van der Waals surface area contributed by atoms with Crippen molar-refractivity contribution in [2.45, 2.75) is 6.54 Å². The molecule has 0 saturated heterocycles. The first kappa shape index (κ1) is 13.0. The van der Waals surface area contributed by atoms with Crippen LogP contribution in [0.4, 0.5) is 0 Å². The van der Waals surface area contributed by atoms with Crippen molar-refractivity contribution in [3.63, 3.8) is 0 Å². The van der Waals surface area contributed by atoms with Gasteiger partial charge in [0.2, 0.25) is 0 Å². The summed E-state index contributed by atoms with van der Waals surface area (Å²) in [6.45, 7) is 0.374. The first-order valence-electron chi connectivity index (χ1n) is 5.76. The molecular weight excluding hydrogens is 246 g/mol. The summed E-state index contributed by atoms with van der Waals surface area (Å²) in [4.78, 5) is 13.7. The van der Waals surface area contributed by atoms with E-state index in [2.05, 4.69) is 0 Å². The van der Waals surface area contributed by atoms with E-state index in [0.29, 0.717) is 23.6 Å². The summed E-state index contributed by atoms with van der Waals surface area (Å²) >= 11 is 0. The van der Waals surface area contributed by atoms with Crippen molar-refractivity contribution >= 4 is 5.91 Å². The molecule has 0 atom stereocenters. The standard InChI is InChI=1S/C14H15NO4/c1-15(9-11-4-3-7-19-11)14(17)10-5-6-13(18-2)12(16)8-10/h3-8,16H,9H2,1-2H3. The fourth-order valence-corrected chi connectivity index (χ4v) is 1.75. The van der Waals surface area contributed by atoms with Gasteiger partial charge in [-0.2, -0.15) is 0 Å². The molecule has 0 saturated carbocycles. The Morgan fingerprint density at radius 3 is 2.79 bits per heavy atom. The summed E-state index contributed by atoms with van der Waals surface area (Å²) in [5.74, 6) is 0.785. The molecule has 2 aromatic rings. The molecule has 5 nitrogen and oxygen atoms in total. The molecule has 1 heterocycles.